The van der Waals surface area contributed by atoms with Crippen LogP contribution in [0.1, 0.15) is 19.5 Å². The van der Waals surface area contributed by atoms with Crippen molar-refractivity contribution in [3.05, 3.63) is 26.5 Å². The Morgan fingerprint density at radius 1 is 1.53 bits per heavy atom. The number of nitrogens with zero attached hydrogens (tertiary/aromatic N) is 2. The van der Waals surface area contributed by atoms with Gasteiger partial charge in [-0.1, -0.05) is 13.8 Å². The molecule has 92 valence electrons. The second-order valence-electron chi connectivity index (χ2n) is 3.69. The molecule has 0 saturated carbocycles. The van der Waals surface area contributed by atoms with Gasteiger partial charge in [0.1, 0.15) is 5.69 Å². The van der Waals surface area contributed by atoms with Crippen molar-refractivity contribution in [1.29, 1.82) is 0 Å². The van der Waals surface area contributed by atoms with Gasteiger partial charge in [-0.15, -0.1) is 0 Å². The van der Waals surface area contributed by atoms with E-state index in [-0.39, 0.29) is 18.0 Å². The van der Waals surface area contributed by atoms with Gasteiger partial charge in [0.05, 0.1) is 6.42 Å². The Labute approximate surface area is 96.1 Å². The van der Waals surface area contributed by atoms with Gasteiger partial charge in [0.15, 0.2) is 0 Å². The third kappa shape index (κ3) is 4.41. The zero-order valence-corrected chi connectivity index (χ0v) is 9.48. The Bertz CT molecular complexity index is 528. The third-order valence-corrected chi connectivity index (χ3v) is 1.67. The Kier molecular flexibility index (Phi) is 4.32. The van der Waals surface area contributed by atoms with E-state index >= 15 is 0 Å². The summed E-state index contributed by atoms with van der Waals surface area (Å²) >= 11 is 0. The number of carbonyl (C=O) groups excluding carboxylic acids is 1. The predicted molar refractivity (Wildman–Crippen MR) is 60.7 cm³/mol. The molecule has 0 unspecified atom stereocenters. The number of hydrogen-bond donors (Lipinski definition) is 3. The van der Waals surface area contributed by atoms with Crippen LogP contribution in [0, 0.1) is 5.92 Å². The highest BCUT2D eigenvalue weighted by atomic mass is 16.2. The van der Waals surface area contributed by atoms with Crippen molar-refractivity contribution in [2.45, 2.75) is 20.3 Å². The van der Waals surface area contributed by atoms with Crippen molar-refractivity contribution in [1.82, 2.24) is 20.6 Å². The van der Waals surface area contributed by atoms with E-state index in [4.69, 9.17) is 0 Å². The van der Waals surface area contributed by atoms with E-state index in [9.17, 15) is 14.4 Å². The van der Waals surface area contributed by atoms with Gasteiger partial charge in [-0.2, -0.15) is 10.2 Å². The minimum Gasteiger partial charge on any atom is -0.273 e. The molecule has 1 heterocycles. The van der Waals surface area contributed by atoms with Crippen molar-refractivity contribution >= 4 is 12.1 Å². The molecule has 3 N–H and O–H groups in total. The van der Waals surface area contributed by atoms with Crippen LogP contribution in [0.5, 0.6) is 0 Å². The van der Waals surface area contributed by atoms with Crippen molar-refractivity contribution in [2.24, 2.45) is 11.0 Å². The van der Waals surface area contributed by atoms with E-state index < -0.39 is 17.2 Å². The molecule has 0 aliphatic carbocycles. The molecule has 17 heavy (non-hydrogen) atoms. The summed E-state index contributed by atoms with van der Waals surface area (Å²) < 4.78 is 0. The molecular formula is C9H13N5O3. The number of hydrogen-bond acceptors (Lipinski definition) is 5. The molecule has 0 atom stereocenters. The quantitative estimate of drug-likeness (QED) is 0.449. The van der Waals surface area contributed by atoms with E-state index in [1.54, 1.807) is 6.21 Å². The molecule has 0 aliphatic rings. The maximum Gasteiger partial charge on any atom is 0.342 e. The van der Waals surface area contributed by atoms with Crippen LogP contribution in [-0.2, 0) is 11.2 Å². The first-order chi connectivity index (χ1) is 7.99. The summed E-state index contributed by atoms with van der Waals surface area (Å²) in [7, 11) is 0. The number of hydrazone groups is 1. The summed E-state index contributed by atoms with van der Waals surface area (Å²) in [5.74, 6) is -0.267. The summed E-state index contributed by atoms with van der Waals surface area (Å²) in [6.45, 7) is 3.81. The van der Waals surface area contributed by atoms with Crippen LogP contribution in [0.15, 0.2) is 14.7 Å². The predicted octanol–water partition coefficient (Wildman–Crippen LogP) is -1.24. The van der Waals surface area contributed by atoms with Gasteiger partial charge >= 0.3 is 5.69 Å². The zero-order valence-electron chi connectivity index (χ0n) is 9.48. The molecule has 0 radical (unpaired) electrons. The first-order valence-electron chi connectivity index (χ1n) is 4.99. The Morgan fingerprint density at radius 2 is 2.24 bits per heavy atom. The molecule has 1 aromatic rings. The smallest absolute Gasteiger partial charge is 0.273 e. The molecular weight excluding hydrogens is 226 g/mol. The molecule has 0 bridgehead atoms. The number of H-pyrrole nitrogens is 2. The van der Waals surface area contributed by atoms with Gasteiger partial charge in [-0.25, -0.2) is 15.3 Å². The summed E-state index contributed by atoms with van der Waals surface area (Å²) in [4.78, 5) is 35.2. The molecule has 1 rings (SSSR count). The Morgan fingerprint density at radius 3 is 2.82 bits per heavy atom. The lowest BCUT2D eigenvalue weighted by molar-refractivity contribution is -0.120. The number of carbonyl (C=O) groups is 1. The second-order valence-corrected chi connectivity index (χ2v) is 3.69. The van der Waals surface area contributed by atoms with E-state index in [0.29, 0.717) is 0 Å². The molecule has 0 fully saturated rings. The lowest BCUT2D eigenvalue weighted by atomic mass is 10.3. The monoisotopic (exact) mass is 239 g/mol. The topological polar surface area (TPSA) is 120 Å². The third-order valence-electron chi connectivity index (χ3n) is 1.67. The first kappa shape index (κ1) is 12.8. The van der Waals surface area contributed by atoms with Gasteiger partial charge in [-0.3, -0.25) is 14.6 Å². The lowest BCUT2D eigenvalue weighted by Crippen LogP contribution is -2.31. The van der Waals surface area contributed by atoms with Gasteiger partial charge in [-0.05, 0) is 5.92 Å². The average molecular weight is 239 g/mol. The Hall–Kier alpha value is -2.25. The van der Waals surface area contributed by atoms with Crippen LogP contribution in [-0.4, -0.2) is 27.3 Å². The second kappa shape index (κ2) is 5.73. The minimum absolute atomic E-state index is 0.0677. The highest BCUT2D eigenvalue weighted by molar-refractivity contribution is 5.78. The number of aromatic nitrogens is 3. The van der Waals surface area contributed by atoms with Gasteiger partial charge < -0.3 is 0 Å². The molecule has 0 aliphatic heterocycles. The summed E-state index contributed by atoms with van der Waals surface area (Å²) in [5, 5.41) is 9.19. The van der Waals surface area contributed by atoms with E-state index in [1.807, 2.05) is 23.9 Å². The number of rotatable bonds is 4. The normalized spacial score (nSPS) is 11.0. The van der Waals surface area contributed by atoms with E-state index in [1.165, 1.54) is 0 Å². The maximum absolute atomic E-state index is 11.3. The SMILES string of the molecule is CC(C)/C=N\NC(=O)Cc1n[nH]c(=O)[nH]c1=O. The van der Waals surface area contributed by atoms with Gasteiger partial charge in [0.25, 0.3) is 5.56 Å². The standard InChI is InChI=1S/C9H13N5O3/c1-5(2)4-10-13-7(15)3-6-8(16)11-9(17)14-12-6/h4-5H,3H2,1-2H3,(H,13,15)(H2,11,14,16,17)/b10-4-. The molecule has 1 amide bonds. The van der Waals surface area contributed by atoms with Crippen LogP contribution in [0.4, 0.5) is 0 Å². The largest absolute Gasteiger partial charge is 0.342 e. The van der Waals surface area contributed by atoms with Crippen molar-refractivity contribution in [2.75, 3.05) is 0 Å². The van der Waals surface area contributed by atoms with Crippen molar-refractivity contribution in [3.63, 3.8) is 0 Å². The van der Waals surface area contributed by atoms with Crippen LogP contribution in [0.3, 0.4) is 0 Å². The number of nitrogens with one attached hydrogen (secondary N) is 3. The summed E-state index contributed by atoms with van der Waals surface area (Å²) in [6.07, 6.45) is 1.31. The van der Waals surface area contributed by atoms with E-state index in [2.05, 4.69) is 15.6 Å². The van der Waals surface area contributed by atoms with Crippen LogP contribution >= 0.6 is 0 Å². The summed E-state index contributed by atoms with van der Waals surface area (Å²) in [5.41, 5.74) is 0.788. The molecule has 0 saturated heterocycles. The number of amides is 1. The van der Waals surface area contributed by atoms with Crippen LogP contribution in [0.25, 0.3) is 0 Å². The molecule has 0 spiro atoms. The maximum atomic E-state index is 11.3. The minimum atomic E-state index is -0.711. The first-order valence-corrected chi connectivity index (χ1v) is 4.99. The van der Waals surface area contributed by atoms with Crippen LogP contribution in [0.2, 0.25) is 0 Å². The average Bonchev–Trinajstić information content (AvgIpc) is 2.21. The molecule has 8 nitrogen and oxygen atoms in total. The van der Waals surface area contributed by atoms with Crippen LogP contribution < -0.4 is 16.7 Å². The Balaban J connectivity index is 2.63. The van der Waals surface area contributed by atoms with Crippen molar-refractivity contribution in [3.8, 4) is 0 Å². The van der Waals surface area contributed by atoms with Crippen molar-refractivity contribution < 1.29 is 4.79 Å². The van der Waals surface area contributed by atoms with E-state index in [0.717, 1.165) is 0 Å². The fourth-order valence-electron chi connectivity index (χ4n) is 0.942. The lowest BCUT2D eigenvalue weighted by Gasteiger charge is -1.98. The molecule has 0 aromatic carbocycles. The highest BCUT2D eigenvalue weighted by Crippen LogP contribution is 1.85. The van der Waals surface area contributed by atoms with Gasteiger partial charge in [0, 0.05) is 6.21 Å². The fraction of sp³-hybridized carbons (Fsp3) is 0.444. The highest BCUT2D eigenvalue weighted by Gasteiger charge is 2.08. The molecule has 8 heteroatoms. The number of aromatic amines is 2. The fourth-order valence-corrected chi connectivity index (χ4v) is 0.942. The summed E-state index contributed by atoms with van der Waals surface area (Å²) in [6, 6.07) is 0. The molecule has 1 aromatic heterocycles. The zero-order chi connectivity index (χ0) is 12.8. The van der Waals surface area contributed by atoms with Gasteiger partial charge in [0.2, 0.25) is 5.91 Å².